The van der Waals surface area contributed by atoms with Crippen LogP contribution < -0.4 is 10.4 Å². The molecule has 8 heteroatoms. The van der Waals surface area contributed by atoms with Crippen LogP contribution in [-0.2, 0) is 53.1 Å². The van der Waals surface area contributed by atoms with Crippen molar-refractivity contribution in [3.63, 3.8) is 0 Å². The molecule has 0 N–H and O–H groups in total. The second kappa shape index (κ2) is 27.0. The van der Waals surface area contributed by atoms with E-state index in [0.717, 1.165) is 57.9 Å². The molecule has 0 fully saturated rings. The molecular formula is C57H62Ir2N4Si2-4. The fourth-order valence-electron chi connectivity index (χ4n) is 7.63. The van der Waals surface area contributed by atoms with Crippen molar-refractivity contribution in [1.29, 1.82) is 0 Å². The smallest absolute Gasteiger partial charge is 0.0802 e. The average Bonchev–Trinajstić information content (AvgIpc) is 3.30. The van der Waals surface area contributed by atoms with Gasteiger partial charge in [0.1, 0.15) is 0 Å². The Balaban J connectivity index is 0.000000233. The molecule has 0 amide bonds. The Morgan fingerprint density at radius 2 is 0.954 bits per heavy atom. The molecule has 0 unspecified atom stereocenters. The first-order chi connectivity index (χ1) is 30.3. The summed E-state index contributed by atoms with van der Waals surface area (Å²) in [7, 11) is -2.68. The summed E-state index contributed by atoms with van der Waals surface area (Å²) in [6.45, 7) is 23.2. The van der Waals surface area contributed by atoms with Crippen molar-refractivity contribution in [2.45, 2.75) is 86.2 Å². The minimum Gasteiger partial charge on any atom is -0.305 e. The first-order valence-electron chi connectivity index (χ1n) is 22.0. The van der Waals surface area contributed by atoms with Crippen molar-refractivity contribution < 1.29 is 40.2 Å². The molecule has 0 bridgehead atoms. The standard InChI is InChI=1S/C18H24NSi.C17H22NSi.2C11H8N.2Ir/c1-6-10-16-13-17(15-11-8-7-9-12-15)19-14(2)18(16)20(3,4)5;1-6-15-13(2)17(14-10-8-7-9-11-14)18-12-16(15)19(3,4)5;2*1-2-6-10(7-3-1)11-8-4-5-9-12-11;;/h7-9,11,13H,6,10H2,1-5H3;7-10,12H,6H2,1-5H3;2*1-6,8-9H;;/q4*-1;;. The van der Waals surface area contributed by atoms with Gasteiger partial charge in [-0.15, -0.1) is 144 Å². The van der Waals surface area contributed by atoms with Crippen LogP contribution in [0.2, 0.25) is 39.3 Å². The fourth-order valence-corrected chi connectivity index (χ4v) is 11.7. The van der Waals surface area contributed by atoms with Crippen LogP contribution >= 0.6 is 0 Å². The maximum Gasteiger partial charge on any atom is 0.0802 e. The van der Waals surface area contributed by atoms with Crippen LogP contribution in [0.5, 0.6) is 0 Å². The third-order valence-electron chi connectivity index (χ3n) is 10.4. The van der Waals surface area contributed by atoms with E-state index in [4.69, 9.17) is 9.97 Å². The van der Waals surface area contributed by atoms with Gasteiger partial charge < -0.3 is 19.9 Å². The Bertz CT molecular complexity index is 2420. The minimum atomic E-state index is -1.36. The quantitative estimate of drug-likeness (QED) is 0.107. The van der Waals surface area contributed by atoms with E-state index in [9.17, 15) is 0 Å². The SMILES string of the molecule is CCCc1cc(-c2[c-]cccc2)nc(C)c1[Si](C)(C)C.CCc1c([Si](C)(C)C)cnc(-c2[c-]cccc2)c1C.[Ir].[Ir].[c-]1ccccc1-c1ccccn1.[c-]1ccccc1-c1ccccn1. The number of benzene rings is 4. The van der Waals surface area contributed by atoms with E-state index in [0.29, 0.717) is 0 Å². The molecule has 0 aliphatic rings. The van der Waals surface area contributed by atoms with Gasteiger partial charge >= 0.3 is 0 Å². The van der Waals surface area contributed by atoms with E-state index in [1.54, 1.807) is 17.6 Å². The summed E-state index contributed by atoms with van der Waals surface area (Å²) >= 11 is 0. The topological polar surface area (TPSA) is 51.6 Å². The predicted molar refractivity (Wildman–Crippen MR) is 273 cm³/mol. The number of hydrogen-bond acceptors (Lipinski definition) is 4. The van der Waals surface area contributed by atoms with Crippen LogP contribution in [0.4, 0.5) is 0 Å². The van der Waals surface area contributed by atoms with Crippen molar-refractivity contribution in [2.75, 3.05) is 0 Å². The molecule has 0 saturated heterocycles. The van der Waals surface area contributed by atoms with Crippen molar-refractivity contribution in [2.24, 2.45) is 0 Å². The van der Waals surface area contributed by atoms with Gasteiger partial charge in [0.15, 0.2) is 0 Å². The zero-order valence-corrected chi connectivity index (χ0v) is 46.4. The molecular weight excluding hydrogens is 1180 g/mol. The Morgan fingerprint density at radius 3 is 1.32 bits per heavy atom. The molecule has 0 aliphatic heterocycles. The predicted octanol–water partition coefficient (Wildman–Crippen LogP) is 13.4. The monoisotopic (exact) mass is 1240 g/mol. The van der Waals surface area contributed by atoms with E-state index < -0.39 is 16.1 Å². The van der Waals surface area contributed by atoms with Gasteiger partial charge in [-0.2, -0.15) is 0 Å². The largest absolute Gasteiger partial charge is 0.305 e. The van der Waals surface area contributed by atoms with Gasteiger partial charge in [-0.25, -0.2) is 0 Å². The van der Waals surface area contributed by atoms with Crippen LogP contribution in [-0.4, -0.2) is 36.1 Å². The number of nitrogens with zero attached hydrogens (tertiary/aromatic N) is 4. The molecule has 4 aromatic heterocycles. The molecule has 4 aromatic carbocycles. The van der Waals surface area contributed by atoms with E-state index >= 15 is 0 Å². The normalized spacial score (nSPS) is 10.6. The molecule has 4 heterocycles. The van der Waals surface area contributed by atoms with Crippen LogP contribution in [0, 0.1) is 38.1 Å². The maximum absolute atomic E-state index is 4.86. The van der Waals surface area contributed by atoms with Crippen molar-refractivity contribution in [1.82, 2.24) is 19.9 Å². The maximum atomic E-state index is 4.86. The summed E-state index contributed by atoms with van der Waals surface area (Å²) in [5, 5.41) is 3.03. The van der Waals surface area contributed by atoms with Crippen molar-refractivity contribution in [3.05, 3.63) is 205 Å². The number of pyridine rings is 4. The Labute approximate surface area is 419 Å². The number of aryl methyl sites for hydroxylation is 2. The van der Waals surface area contributed by atoms with Gasteiger partial charge in [-0.05, 0) is 72.0 Å². The fraction of sp³-hybridized carbons (Fsp3) is 0.228. The molecule has 8 aromatic rings. The van der Waals surface area contributed by atoms with Crippen LogP contribution in [0.1, 0.15) is 42.7 Å². The summed E-state index contributed by atoms with van der Waals surface area (Å²) in [5.41, 5.74) is 13.9. The van der Waals surface area contributed by atoms with Gasteiger partial charge in [-0.1, -0.05) is 107 Å². The molecule has 0 spiro atoms. The van der Waals surface area contributed by atoms with Crippen molar-refractivity contribution >= 4 is 26.5 Å². The number of hydrogen-bond donors (Lipinski definition) is 0. The first kappa shape index (κ1) is 54.5. The van der Waals surface area contributed by atoms with E-state index in [2.05, 4.69) is 132 Å². The molecule has 65 heavy (non-hydrogen) atoms. The summed E-state index contributed by atoms with van der Waals surface area (Å²) in [4.78, 5) is 18.0. The van der Waals surface area contributed by atoms with Crippen LogP contribution in [0.3, 0.4) is 0 Å². The zero-order chi connectivity index (χ0) is 45.2. The minimum absolute atomic E-state index is 0. The van der Waals surface area contributed by atoms with Crippen molar-refractivity contribution in [3.8, 4) is 45.0 Å². The summed E-state index contributed by atoms with van der Waals surface area (Å²) in [6, 6.07) is 58.7. The summed E-state index contributed by atoms with van der Waals surface area (Å²) in [5.74, 6) is 0. The third kappa shape index (κ3) is 16.2. The van der Waals surface area contributed by atoms with Crippen LogP contribution in [0.25, 0.3) is 45.0 Å². The molecule has 340 valence electrons. The van der Waals surface area contributed by atoms with Gasteiger partial charge in [0, 0.05) is 64.5 Å². The van der Waals surface area contributed by atoms with Gasteiger partial charge in [0.25, 0.3) is 0 Å². The number of aromatic nitrogens is 4. The second-order valence-electron chi connectivity index (χ2n) is 17.4. The molecule has 4 nitrogen and oxygen atoms in total. The summed E-state index contributed by atoms with van der Waals surface area (Å²) < 4.78 is 0. The van der Waals surface area contributed by atoms with E-state index in [1.165, 1.54) is 34.0 Å². The van der Waals surface area contributed by atoms with E-state index in [1.807, 2.05) is 115 Å². The van der Waals surface area contributed by atoms with Crippen LogP contribution in [0.15, 0.2) is 158 Å². The molecule has 0 atom stereocenters. The van der Waals surface area contributed by atoms with Gasteiger partial charge in [0.2, 0.25) is 0 Å². The summed E-state index contributed by atoms with van der Waals surface area (Å²) in [6.07, 6.45) is 9.08. The third-order valence-corrected chi connectivity index (χ3v) is 14.6. The Hall–Kier alpha value is -4.79. The Morgan fingerprint density at radius 1 is 0.508 bits per heavy atom. The number of rotatable bonds is 9. The first-order valence-corrected chi connectivity index (χ1v) is 29.0. The zero-order valence-electron chi connectivity index (χ0n) is 39.6. The average molecular weight is 1240 g/mol. The van der Waals surface area contributed by atoms with Gasteiger partial charge in [-0.3, -0.25) is 0 Å². The second-order valence-corrected chi connectivity index (χ2v) is 27.4. The van der Waals surface area contributed by atoms with E-state index in [-0.39, 0.29) is 40.2 Å². The molecule has 2 radical (unpaired) electrons. The molecule has 0 saturated carbocycles. The molecule has 0 aliphatic carbocycles. The van der Waals surface area contributed by atoms with Gasteiger partial charge in [0.05, 0.1) is 16.1 Å². The Kier molecular flexibility index (Phi) is 22.7. The molecule has 8 rings (SSSR count).